The molecule has 0 unspecified atom stereocenters. The fourth-order valence-electron chi connectivity index (χ4n) is 3.69. The molecule has 0 saturated heterocycles. The van der Waals surface area contributed by atoms with Crippen molar-refractivity contribution in [3.63, 3.8) is 0 Å². The number of halogens is 1. The molecule has 0 aliphatic heterocycles. The number of nitrogens with zero attached hydrogens (tertiary/aromatic N) is 3. The maximum Gasteiger partial charge on any atom is 0.0659 e. The lowest BCUT2D eigenvalue weighted by Gasteiger charge is -2.22. The van der Waals surface area contributed by atoms with Crippen molar-refractivity contribution in [2.45, 2.75) is 13.8 Å². The van der Waals surface area contributed by atoms with Crippen molar-refractivity contribution in [2.24, 2.45) is 5.10 Å². The van der Waals surface area contributed by atoms with Gasteiger partial charge in [0.05, 0.1) is 17.6 Å². The standard InChI is InChI=1S/C27H26BrN3/c1-3-30(4-2)25-16-15-23(27(28)19-25)20-29-31(24-12-6-5-7-13-24)26-17-14-21-10-8-9-11-22(21)18-26/h5-20H,3-4H2,1-2H3/b29-20-. The van der Waals surface area contributed by atoms with Crippen molar-refractivity contribution in [1.29, 1.82) is 0 Å². The maximum atomic E-state index is 4.88. The fraction of sp³-hybridized carbons (Fsp3) is 0.148. The molecule has 3 nitrogen and oxygen atoms in total. The Balaban J connectivity index is 1.70. The second-order valence-corrected chi connectivity index (χ2v) is 8.16. The Morgan fingerprint density at radius 3 is 2.10 bits per heavy atom. The van der Waals surface area contributed by atoms with Crippen molar-refractivity contribution in [1.82, 2.24) is 0 Å². The molecule has 31 heavy (non-hydrogen) atoms. The molecule has 0 amide bonds. The van der Waals surface area contributed by atoms with Crippen molar-refractivity contribution in [3.05, 3.63) is 101 Å². The lowest BCUT2D eigenvalue weighted by atomic mass is 10.1. The minimum Gasteiger partial charge on any atom is -0.372 e. The summed E-state index contributed by atoms with van der Waals surface area (Å²) in [5, 5.41) is 9.28. The molecule has 0 bridgehead atoms. The summed E-state index contributed by atoms with van der Waals surface area (Å²) in [6.45, 7) is 6.32. The second kappa shape index (κ2) is 9.80. The Labute approximate surface area is 192 Å². The van der Waals surface area contributed by atoms with Gasteiger partial charge in [-0.1, -0.05) is 70.5 Å². The highest BCUT2D eigenvalue weighted by molar-refractivity contribution is 9.10. The van der Waals surface area contributed by atoms with Crippen LogP contribution in [0.3, 0.4) is 0 Å². The SMILES string of the molecule is CCN(CC)c1ccc(/C=N\N(c2ccccc2)c2ccc3ccccc3c2)c(Br)c1. The molecular weight excluding hydrogens is 446 g/mol. The number of hydrazone groups is 1. The minimum atomic E-state index is 0.986. The zero-order chi connectivity index (χ0) is 21.6. The molecule has 0 heterocycles. The molecule has 0 atom stereocenters. The summed E-state index contributed by atoms with van der Waals surface area (Å²) in [6.07, 6.45) is 1.91. The van der Waals surface area contributed by atoms with Crippen molar-refractivity contribution in [3.8, 4) is 0 Å². The largest absolute Gasteiger partial charge is 0.372 e. The highest BCUT2D eigenvalue weighted by Gasteiger charge is 2.10. The Hall–Kier alpha value is -3.11. The predicted molar refractivity (Wildman–Crippen MR) is 138 cm³/mol. The number of fused-ring (bicyclic) bond motifs is 1. The average Bonchev–Trinajstić information content (AvgIpc) is 2.82. The van der Waals surface area contributed by atoms with Crippen LogP contribution in [0.4, 0.5) is 17.1 Å². The van der Waals surface area contributed by atoms with Gasteiger partial charge in [0.1, 0.15) is 0 Å². The van der Waals surface area contributed by atoms with Gasteiger partial charge in [0, 0.05) is 28.8 Å². The molecule has 0 aliphatic carbocycles. The summed E-state index contributed by atoms with van der Waals surface area (Å²) in [7, 11) is 0. The van der Waals surface area contributed by atoms with Gasteiger partial charge in [-0.2, -0.15) is 5.10 Å². The Morgan fingerprint density at radius 1 is 0.710 bits per heavy atom. The van der Waals surface area contributed by atoms with E-state index in [0.29, 0.717) is 0 Å². The zero-order valence-electron chi connectivity index (χ0n) is 17.9. The molecule has 0 aliphatic rings. The number of hydrogen-bond donors (Lipinski definition) is 0. The number of anilines is 3. The van der Waals surface area contributed by atoms with Gasteiger partial charge in [-0.25, -0.2) is 5.01 Å². The van der Waals surface area contributed by atoms with Crippen LogP contribution in [-0.2, 0) is 0 Å². The minimum absolute atomic E-state index is 0.986. The molecule has 156 valence electrons. The molecule has 0 fully saturated rings. The average molecular weight is 472 g/mol. The van der Waals surface area contributed by atoms with Gasteiger partial charge >= 0.3 is 0 Å². The first kappa shape index (κ1) is 21.1. The quantitative estimate of drug-likeness (QED) is 0.204. The molecule has 0 N–H and O–H groups in total. The van der Waals surface area contributed by atoms with Crippen LogP contribution in [0.15, 0.2) is 101 Å². The molecule has 0 aromatic heterocycles. The third-order valence-electron chi connectivity index (χ3n) is 5.40. The molecule has 0 spiro atoms. The lowest BCUT2D eigenvalue weighted by molar-refractivity contribution is 0.866. The number of benzene rings is 4. The van der Waals surface area contributed by atoms with Gasteiger partial charge < -0.3 is 4.90 Å². The first-order chi connectivity index (χ1) is 15.2. The topological polar surface area (TPSA) is 18.8 Å². The smallest absolute Gasteiger partial charge is 0.0659 e. The monoisotopic (exact) mass is 471 g/mol. The molecule has 4 rings (SSSR count). The van der Waals surface area contributed by atoms with Gasteiger partial charge in [-0.15, -0.1) is 0 Å². The van der Waals surface area contributed by atoms with E-state index in [-0.39, 0.29) is 0 Å². The van der Waals surface area contributed by atoms with Crippen LogP contribution in [0, 0.1) is 0 Å². The van der Waals surface area contributed by atoms with Crippen LogP contribution in [0.1, 0.15) is 19.4 Å². The molecule has 4 aromatic rings. The van der Waals surface area contributed by atoms with E-state index in [1.54, 1.807) is 0 Å². The first-order valence-electron chi connectivity index (χ1n) is 10.6. The Kier molecular flexibility index (Phi) is 6.68. The van der Waals surface area contributed by atoms with Gasteiger partial charge in [0.25, 0.3) is 0 Å². The van der Waals surface area contributed by atoms with Crippen LogP contribution in [0.5, 0.6) is 0 Å². The molecule has 4 heteroatoms. The summed E-state index contributed by atoms with van der Waals surface area (Å²) in [5.74, 6) is 0. The molecule has 0 radical (unpaired) electrons. The van der Waals surface area contributed by atoms with E-state index in [2.05, 4.69) is 107 Å². The predicted octanol–water partition coefficient (Wildman–Crippen LogP) is 7.62. The van der Waals surface area contributed by atoms with Crippen LogP contribution in [-0.4, -0.2) is 19.3 Å². The zero-order valence-corrected chi connectivity index (χ0v) is 19.5. The van der Waals surface area contributed by atoms with Gasteiger partial charge in [-0.05, 0) is 61.0 Å². The highest BCUT2D eigenvalue weighted by atomic mass is 79.9. The number of para-hydroxylation sites is 1. The molecule has 0 saturated carbocycles. The highest BCUT2D eigenvalue weighted by Crippen LogP contribution is 2.29. The first-order valence-corrected chi connectivity index (χ1v) is 11.4. The van der Waals surface area contributed by atoms with Crippen LogP contribution >= 0.6 is 15.9 Å². The van der Waals surface area contributed by atoms with E-state index >= 15 is 0 Å². The van der Waals surface area contributed by atoms with Crippen LogP contribution < -0.4 is 9.91 Å². The summed E-state index contributed by atoms with van der Waals surface area (Å²) < 4.78 is 1.03. The van der Waals surface area contributed by atoms with Gasteiger partial charge in [0.2, 0.25) is 0 Å². The summed E-state index contributed by atoms with van der Waals surface area (Å²) in [5.41, 5.74) is 4.29. The van der Waals surface area contributed by atoms with Crippen molar-refractivity contribution >= 4 is 50.0 Å². The van der Waals surface area contributed by atoms with Crippen LogP contribution in [0.2, 0.25) is 0 Å². The van der Waals surface area contributed by atoms with E-state index in [1.807, 2.05) is 29.4 Å². The fourth-order valence-corrected chi connectivity index (χ4v) is 4.16. The van der Waals surface area contributed by atoms with E-state index in [0.717, 1.165) is 34.5 Å². The summed E-state index contributed by atoms with van der Waals surface area (Å²) in [4.78, 5) is 2.33. The van der Waals surface area contributed by atoms with Gasteiger partial charge in [0.15, 0.2) is 0 Å². The van der Waals surface area contributed by atoms with E-state index in [4.69, 9.17) is 5.10 Å². The third-order valence-corrected chi connectivity index (χ3v) is 6.09. The summed E-state index contributed by atoms with van der Waals surface area (Å²) in [6, 6.07) is 31.5. The maximum absolute atomic E-state index is 4.88. The van der Waals surface area contributed by atoms with Crippen LogP contribution in [0.25, 0.3) is 10.8 Å². The van der Waals surface area contributed by atoms with Crippen molar-refractivity contribution < 1.29 is 0 Å². The molecule has 4 aromatic carbocycles. The Bertz CT molecular complexity index is 1180. The number of hydrogen-bond acceptors (Lipinski definition) is 3. The van der Waals surface area contributed by atoms with Crippen molar-refractivity contribution in [2.75, 3.05) is 23.0 Å². The molecular formula is C27H26BrN3. The van der Waals surface area contributed by atoms with E-state index < -0.39 is 0 Å². The van der Waals surface area contributed by atoms with E-state index in [1.165, 1.54) is 16.5 Å². The third kappa shape index (κ3) is 4.80. The van der Waals surface area contributed by atoms with Gasteiger partial charge in [-0.3, -0.25) is 0 Å². The second-order valence-electron chi connectivity index (χ2n) is 7.30. The summed E-state index contributed by atoms with van der Waals surface area (Å²) >= 11 is 3.73. The van der Waals surface area contributed by atoms with E-state index in [9.17, 15) is 0 Å². The normalized spacial score (nSPS) is 11.2. The lowest BCUT2D eigenvalue weighted by Crippen LogP contribution is -2.21. The Morgan fingerprint density at radius 2 is 1.39 bits per heavy atom. The number of rotatable bonds is 7.